The molecule has 0 aliphatic carbocycles. The van der Waals surface area contributed by atoms with Crippen LogP contribution in [0.1, 0.15) is 27.2 Å². The number of nitrogens with zero attached hydrogens (tertiary/aromatic N) is 1. The maximum Gasteiger partial charge on any atom is 0.350 e. The van der Waals surface area contributed by atoms with Crippen LogP contribution in [-0.4, -0.2) is 36.0 Å². The van der Waals surface area contributed by atoms with Gasteiger partial charge in [-0.3, -0.25) is 9.59 Å². The fraction of sp³-hybridized carbons (Fsp3) is 0.318. The number of hydrogen-bond donors (Lipinski definition) is 1. The zero-order valence-corrected chi connectivity index (χ0v) is 17.0. The van der Waals surface area contributed by atoms with E-state index in [0.29, 0.717) is 17.1 Å². The van der Waals surface area contributed by atoms with Crippen molar-refractivity contribution in [3.8, 4) is 5.75 Å². The van der Waals surface area contributed by atoms with Crippen molar-refractivity contribution in [1.29, 1.82) is 0 Å². The summed E-state index contributed by atoms with van der Waals surface area (Å²) in [6.07, 6.45) is 0.119. The second-order valence-corrected chi connectivity index (χ2v) is 7.52. The Balaban J connectivity index is 1.69. The first-order chi connectivity index (χ1) is 14.2. The third-order valence-corrected chi connectivity index (χ3v) is 4.63. The third kappa shape index (κ3) is 4.76. The molecule has 1 atom stereocenters. The van der Waals surface area contributed by atoms with E-state index >= 15 is 0 Å². The van der Waals surface area contributed by atoms with Gasteiger partial charge >= 0.3 is 5.97 Å². The van der Waals surface area contributed by atoms with Crippen molar-refractivity contribution >= 4 is 29.2 Å². The van der Waals surface area contributed by atoms with E-state index in [1.807, 2.05) is 0 Å². The first kappa shape index (κ1) is 21.3. The quantitative estimate of drug-likeness (QED) is 0.759. The van der Waals surface area contributed by atoms with Gasteiger partial charge in [-0.05, 0) is 57.2 Å². The number of carbonyl (C=O) groups excluding carboxylic acids is 3. The summed E-state index contributed by atoms with van der Waals surface area (Å²) in [6.45, 7) is 4.23. The van der Waals surface area contributed by atoms with E-state index in [9.17, 15) is 18.8 Å². The molecule has 0 fully saturated rings. The van der Waals surface area contributed by atoms with Gasteiger partial charge in [-0.15, -0.1) is 0 Å². The average Bonchev–Trinajstić information content (AvgIpc) is 2.81. The summed E-state index contributed by atoms with van der Waals surface area (Å²) in [6, 6.07) is 11.8. The summed E-state index contributed by atoms with van der Waals surface area (Å²) < 4.78 is 23.8. The number of fused-ring (bicyclic) bond motifs is 1. The molecule has 1 N–H and O–H groups in total. The van der Waals surface area contributed by atoms with E-state index in [0.717, 1.165) is 0 Å². The highest BCUT2D eigenvalue weighted by atomic mass is 19.1. The molecule has 2 aromatic rings. The van der Waals surface area contributed by atoms with E-state index in [4.69, 9.17) is 9.47 Å². The van der Waals surface area contributed by atoms with Crippen LogP contribution in [0.5, 0.6) is 5.75 Å². The van der Waals surface area contributed by atoms with Crippen LogP contribution in [0.25, 0.3) is 0 Å². The lowest BCUT2D eigenvalue weighted by molar-refractivity contribution is -0.161. The molecule has 0 radical (unpaired) electrons. The van der Waals surface area contributed by atoms with Gasteiger partial charge < -0.3 is 19.7 Å². The Labute approximate surface area is 173 Å². The van der Waals surface area contributed by atoms with E-state index in [1.54, 1.807) is 31.2 Å². The minimum atomic E-state index is -1.39. The molecule has 0 bridgehead atoms. The van der Waals surface area contributed by atoms with Crippen LogP contribution in [0.3, 0.4) is 0 Å². The monoisotopic (exact) mass is 414 g/mol. The van der Waals surface area contributed by atoms with Gasteiger partial charge in [0.05, 0.1) is 11.4 Å². The first-order valence-corrected chi connectivity index (χ1v) is 9.50. The van der Waals surface area contributed by atoms with E-state index in [1.165, 1.54) is 43.0 Å². The van der Waals surface area contributed by atoms with Crippen LogP contribution in [0.2, 0.25) is 0 Å². The van der Waals surface area contributed by atoms with Gasteiger partial charge in [0, 0.05) is 12.5 Å². The molecular formula is C22H23FN2O5. The Hall–Kier alpha value is -3.42. The lowest BCUT2D eigenvalue weighted by Crippen LogP contribution is -2.44. The van der Waals surface area contributed by atoms with Crippen LogP contribution in [0, 0.1) is 5.82 Å². The maximum absolute atomic E-state index is 13.0. The first-order valence-electron chi connectivity index (χ1n) is 9.50. The predicted molar refractivity (Wildman–Crippen MR) is 109 cm³/mol. The number of para-hydroxylation sites is 2. The largest absolute Gasteiger partial charge is 0.476 e. The Kier molecular flexibility index (Phi) is 6.05. The van der Waals surface area contributed by atoms with Crippen molar-refractivity contribution in [2.45, 2.75) is 38.8 Å². The number of carbonyl (C=O) groups is 3. The van der Waals surface area contributed by atoms with Gasteiger partial charge in [0.25, 0.3) is 5.91 Å². The van der Waals surface area contributed by atoms with Crippen LogP contribution in [-0.2, 0) is 19.1 Å². The summed E-state index contributed by atoms with van der Waals surface area (Å²) >= 11 is 0. The second-order valence-electron chi connectivity index (χ2n) is 7.52. The molecule has 8 heteroatoms. The average molecular weight is 414 g/mol. The second kappa shape index (κ2) is 8.52. The number of halogens is 1. The summed E-state index contributed by atoms with van der Waals surface area (Å²) in [5.74, 6) is -1.53. The van der Waals surface area contributed by atoms with Gasteiger partial charge in [-0.25, -0.2) is 9.18 Å². The zero-order valence-electron chi connectivity index (χ0n) is 17.0. The van der Waals surface area contributed by atoms with Crippen molar-refractivity contribution < 1.29 is 28.2 Å². The van der Waals surface area contributed by atoms with Crippen molar-refractivity contribution in [2.24, 2.45) is 0 Å². The van der Waals surface area contributed by atoms with Crippen LogP contribution >= 0.6 is 0 Å². The Morgan fingerprint density at radius 1 is 1.17 bits per heavy atom. The van der Waals surface area contributed by atoms with E-state index < -0.39 is 35.9 Å². The molecule has 1 heterocycles. The van der Waals surface area contributed by atoms with E-state index in [-0.39, 0.29) is 12.3 Å². The lowest BCUT2D eigenvalue weighted by Gasteiger charge is -2.29. The van der Waals surface area contributed by atoms with Crippen LogP contribution < -0.4 is 15.0 Å². The summed E-state index contributed by atoms with van der Waals surface area (Å²) in [5, 5.41) is 2.77. The molecule has 0 saturated heterocycles. The van der Waals surface area contributed by atoms with Crippen molar-refractivity contribution in [3.05, 3.63) is 54.3 Å². The summed E-state index contributed by atoms with van der Waals surface area (Å²) in [5.41, 5.74) is -0.331. The van der Waals surface area contributed by atoms with Gasteiger partial charge in [0.1, 0.15) is 11.6 Å². The highest BCUT2D eigenvalue weighted by Gasteiger charge is 2.34. The molecule has 0 unspecified atom stereocenters. The Morgan fingerprint density at radius 3 is 2.53 bits per heavy atom. The van der Waals surface area contributed by atoms with Gasteiger partial charge in [-0.1, -0.05) is 12.1 Å². The van der Waals surface area contributed by atoms with Gasteiger partial charge in [0.2, 0.25) is 5.91 Å². The van der Waals surface area contributed by atoms with Crippen molar-refractivity contribution in [3.63, 3.8) is 0 Å². The zero-order chi connectivity index (χ0) is 21.9. The molecule has 158 valence electrons. The molecule has 30 heavy (non-hydrogen) atoms. The molecule has 1 aliphatic rings. The predicted octanol–water partition coefficient (Wildman–Crippen LogP) is 3.29. The highest BCUT2D eigenvalue weighted by Crippen LogP contribution is 2.31. The smallest absolute Gasteiger partial charge is 0.350 e. The Bertz CT molecular complexity index is 958. The molecule has 7 nitrogen and oxygen atoms in total. The summed E-state index contributed by atoms with van der Waals surface area (Å²) in [4.78, 5) is 38.9. The van der Waals surface area contributed by atoms with Crippen molar-refractivity contribution in [2.75, 3.05) is 16.8 Å². The summed E-state index contributed by atoms with van der Waals surface area (Å²) in [7, 11) is 0. The topological polar surface area (TPSA) is 84.9 Å². The molecule has 1 aliphatic heterocycles. The number of nitrogens with one attached hydrogen (secondary N) is 1. The number of rotatable bonds is 5. The molecule has 3 rings (SSSR count). The molecule has 0 aromatic heterocycles. The molecule has 0 saturated carbocycles. The molecule has 2 amide bonds. The third-order valence-electron chi connectivity index (χ3n) is 4.63. The Morgan fingerprint density at radius 2 is 1.83 bits per heavy atom. The number of anilines is 2. The molecular weight excluding hydrogens is 391 g/mol. The van der Waals surface area contributed by atoms with E-state index in [2.05, 4.69) is 5.32 Å². The number of amides is 2. The minimum Gasteiger partial charge on any atom is -0.476 e. The molecule has 2 aromatic carbocycles. The standard InChI is InChI=1S/C22H23FN2O5/c1-14-12-19(26)24-17-6-4-5-7-18(17)25(14)20(27)13-29-21(28)22(2,3)30-16-10-8-15(23)9-11-16/h4-11,14H,12-13H2,1-3H3,(H,24,26)/t14-/m1/s1. The number of ether oxygens (including phenoxy) is 2. The number of hydrogen-bond acceptors (Lipinski definition) is 5. The fourth-order valence-corrected chi connectivity index (χ4v) is 3.18. The van der Waals surface area contributed by atoms with Crippen LogP contribution in [0.4, 0.5) is 15.8 Å². The van der Waals surface area contributed by atoms with Gasteiger partial charge in [0.15, 0.2) is 12.2 Å². The minimum absolute atomic E-state index is 0.119. The highest BCUT2D eigenvalue weighted by molar-refractivity contribution is 6.05. The van der Waals surface area contributed by atoms with Gasteiger partial charge in [-0.2, -0.15) is 0 Å². The number of benzene rings is 2. The fourth-order valence-electron chi connectivity index (χ4n) is 3.18. The van der Waals surface area contributed by atoms with Crippen molar-refractivity contribution in [1.82, 2.24) is 0 Å². The number of esters is 1. The normalized spacial score (nSPS) is 16.2. The SMILES string of the molecule is C[C@@H]1CC(=O)Nc2ccccc2N1C(=O)COC(=O)C(C)(C)Oc1ccc(F)cc1. The maximum atomic E-state index is 13.0. The molecule has 0 spiro atoms. The lowest BCUT2D eigenvalue weighted by atomic mass is 10.1. The van der Waals surface area contributed by atoms with Crippen LogP contribution in [0.15, 0.2) is 48.5 Å².